The maximum Gasteiger partial charge on any atom is 0.163 e. The number of hydrogen-bond donors (Lipinski definition) is 1. The second-order valence-electron chi connectivity index (χ2n) is 5.16. The van der Waals surface area contributed by atoms with Crippen molar-refractivity contribution in [3.63, 3.8) is 0 Å². The second-order valence-corrected chi connectivity index (χ2v) is 5.16. The topological polar surface area (TPSA) is 40.5 Å². The molecule has 1 aromatic carbocycles. The maximum atomic E-state index is 13.4. The van der Waals surface area contributed by atoms with E-state index in [9.17, 15) is 14.3 Å². The smallest absolute Gasteiger partial charge is 0.163 e. The predicted molar refractivity (Wildman–Crippen MR) is 67.1 cm³/mol. The molecular weight excluding hydrogens is 233 g/mol. The Bertz CT molecular complexity index is 469. The number of aromatic hydroxyl groups is 1. The minimum atomic E-state index is -0.479. The fourth-order valence-electron chi connectivity index (χ4n) is 2.14. The molecule has 3 nitrogen and oxygen atoms in total. The van der Waals surface area contributed by atoms with E-state index in [2.05, 4.69) is 4.90 Å². The molecule has 0 heterocycles. The first-order valence-electron chi connectivity index (χ1n) is 6.18. The van der Waals surface area contributed by atoms with E-state index in [1.807, 2.05) is 7.05 Å². The quantitative estimate of drug-likeness (QED) is 0.818. The highest BCUT2D eigenvalue weighted by Crippen LogP contribution is 2.31. The summed E-state index contributed by atoms with van der Waals surface area (Å²) in [5, 5.41) is 9.97. The minimum absolute atomic E-state index is 0.0600. The molecule has 1 saturated carbocycles. The zero-order chi connectivity index (χ0) is 13.3. The van der Waals surface area contributed by atoms with Crippen molar-refractivity contribution in [2.45, 2.75) is 26.3 Å². The van der Waals surface area contributed by atoms with Crippen molar-refractivity contribution in [1.29, 1.82) is 0 Å². The van der Waals surface area contributed by atoms with Crippen molar-refractivity contribution in [2.75, 3.05) is 13.6 Å². The van der Waals surface area contributed by atoms with Gasteiger partial charge in [0.15, 0.2) is 5.78 Å². The fraction of sp³-hybridized carbons (Fsp3) is 0.500. The van der Waals surface area contributed by atoms with Gasteiger partial charge in [0.25, 0.3) is 0 Å². The summed E-state index contributed by atoms with van der Waals surface area (Å²) in [5.41, 5.74) is 0.535. The summed E-state index contributed by atoms with van der Waals surface area (Å²) in [6.07, 6.45) is 2.50. The van der Waals surface area contributed by atoms with Crippen LogP contribution in [0.15, 0.2) is 12.1 Å². The van der Waals surface area contributed by atoms with Crippen molar-refractivity contribution in [3.05, 3.63) is 29.1 Å². The summed E-state index contributed by atoms with van der Waals surface area (Å²) >= 11 is 0. The van der Waals surface area contributed by atoms with E-state index in [4.69, 9.17) is 0 Å². The van der Waals surface area contributed by atoms with Crippen molar-refractivity contribution in [1.82, 2.24) is 4.90 Å². The Labute approximate surface area is 106 Å². The summed E-state index contributed by atoms with van der Waals surface area (Å²) in [6.45, 7) is 2.73. The normalized spacial score (nSPS) is 15.1. The van der Waals surface area contributed by atoms with Gasteiger partial charge >= 0.3 is 0 Å². The number of hydrogen-bond acceptors (Lipinski definition) is 3. The molecule has 0 amide bonds. The first-order chi connectivity index (χ1) is 8.47. The van der Waals surface area contributed by atoms with Crippen LogP contribution < -0.4 is 0 Å². The third kappa shape index (κ3) is 3.07. The molecule has 98 valence electrons. The van der Waals surface area contributed by atoms with Crippen LogP contribution in [0.5, 0.6) is 5.75 Å². The molecule has 0 spiro atoms. The lowest BCUT2D eigenvalue weighted by Gasteiger charge is -2.18. The standard InChI is InChI=1S/C14H18FNO2/c1-9(17)13-6-12(15)5-11(14(13)18)8-16(2)7-10-3-4-10/h5-6,10,18H,3-4,7-8H2,1-2H3. The lowest BCUT2D eigenvalue weighted by atomic mass is 10.0. The molecule has 2 rings (SSSR count). The highest BCUT2D eigenvalue weighted by molar-refractivity contribution is 5.97. The van der Waals surface area contributed by atoms with Crippen molar-refractivity contribution in [2.24, 2.45) is 5.92 Å². The van der Waals surface area contributed by atoms with Gasteiger partial charge in [-0.3, -0.25) is 4.79 Å². The summed E-state index contributed by atoms with van der Waals surface area (Å²) in [6, 6.07) is 2.38. The maximum absolute atomic E-state index is 13.4. The van der Waals surface area contributed by atoms with Crippen molar-refractivity contribution >= 4 is 5.78 Å². The summed E-state index contributed by atoms with van der Waals surface area (Å²) in [7, 11) is 1.94. The van der Waals surface area contributed by atoms with E-state index in [1.165, 1.54) is 25.8 Å². The highest BCUT2D eigenvalue weighted by atomic mass is 19.1. The Morgan fingerprint density at radius 3 is 2.72 bits per heavy atom. The highest BCUT2D eigenvalue weighted by Gasteiger charge is 2.23. The first kappa shape index (κ1) is 13.0. The number of nitrogens with zero attached hydrogens (tertiary/aromatic N) is 1. The molecule has 0 aliphatic heterocycles. The number of carbonyl (C=O) groups is 1. The van der Waals surface area contributed by atoms with E-state index in [0.29, 0.717) is 12.1 Å². The number of halogens is 1. The molecule has 1 aromatic rings. The van der Waals surface area contributed by atoms with Gasteiger partial charge in [-0.2, -0.15) is 0 Å². The van der Waals surface area contributed by atoms with Crippen molar-refractivity contribution < 1.29 is 14.3 Å². The number of carbonyl (C=O) groups excluding carboxylic acids is 1. The van der Waals surface area contributed by atoms with E-state index in [-0.39, 0.29) is 17.1 Å². The molecule has 4 heteroatoms. The van der Waals surface area contributed by atoms with Crippen LogP contribution in [0.1, 0.15) is 35.7 Å². The zero-order valence-corrected chi connectivity index (χ0v) is 10.7. The van der Waals surface area contributed by atoms with Gasteiger partial charge in [0.05, 0.1) is 5.56 Å². The Hall–Kier alpha value is -1.42. The SMILES string of the molecule is CC(=O)c1cc(F)cc(CN(C)CC2CC2)c1O. The van der Waals surface area contributed by atoms with Gasteiger partial charge in [0, 0.05) is 18.7 Å². The van der Waals surface area contributed by atoms with Crippen LogP contribution in [0.2, 0.25) is 0 Å². The number of rotatable bonds is 5. The number of Topliss-reactive ketones (excluding diaryl/α,β-unsaturated/α-hetero) is 1. The van der Waals surface area contributed by atoms with E-state index >= 15 is 0 Å². The van der Waals surface area contributed by atoms with E-state index in [1.54, 1.807) is 0 Å². The summed E-state index contributed by atoms with van der Waals surface area (Å²) in [4.78, 5) is 13.4. The van der Waals surface area contributed by atoms with E-state index < -0.39 is 5.82 Å². The molecule has 0 bridgehead atoms. The fourth-order valence-corrected chi connectivity index (χ4v) is 2.14. The Kier molecular flexibility index (Phi) is 3.66. The molecule has 0 saturated heterocycles. The average molecular weight is 251 g/mol. The van der Waals surface area contributed by atoms with Crippen LogP contribution in [0.25, 0.3) is 0 Å². The van der Waals surface area contributed by atoms with Crippen LogP contribution in [0, 0.1) is 11.7 Å². The van der Waals surface area contributed by atoms with Crippen LogP contribution in [0.3, 0.4) is 0 Å². The molecule has 1 N–H and O–H groups in total. The molecule has 0 atom stereocenters. The predicted octanol–water partition coefficient (Wildman–Crippen LogP) is 2.58. The van der Waals surface area contributed by atoms with Gasteiger partial charge in [0.1, 0.15) is 11.6 Å². The summed E-state index contributed by atoms with van der Waals surface area (Å²) < 4.78 is 13.4. The molecule has 0 aromatic heterocycles. The molecule has 1 aliphatic rings. The van der Waals surface area contributed by atoms with Gasteiger partial charge in [-0.05, 0) is 44.9 Å². The number of phenolic OH excluding ortho intramolecular Hbond substituents is 1. The monoisotopic (exact) mass is 251 g/mol. The van der Waals surface area contributed by atoms with E-state index in [0.717, 1.165) is 18.5 Å². The molecule has 1 fully saturated rings. The Balaban J connectivity index is 2.17. The largest absolute Gasteiger partial charge is 0.507 e. The van der Waals surface area contributed by atoms with Gasteiger partial charge < -0.3 is 10.0 Å². The summed E-state index contributed by atoms with van der Waals surface area (Å²) in [5.74, 6) is -0.157. The number of phenols is 1. The van der Waals surface area contributed by atoms with Gasteiger partial charge in [0.2, 0.25) is 0 Å². The van der Waals surface area contributed by atoms with Gasteiger partial charge in [-0.1, -0.05) is 0 Å². The molecule has 18 heavy (non-hydrogen) atoms. The second kappa shape index (κ2) is 5.06. The number of benzene rings is 1. The lowest BCUT2D eigenvalue weighted by molar-refractivity contribution is 0.101. The molecule has 1 aliphatic carbocycles. The number of ketones is 1. The molecule has 0 unspecified atom stereocenters. The Morgan fingerprint density at radius 1 is 1.50 bits per heavy atom. The van der Waals surface area contributed by atoms with Gasteiger partial charge in [-0.15, -0.1) is 0 Å². The van der Waals surface area contributed by atoms with Crippen LogP contribution >= 0.6 is 0 Å². The lowest BCUT2D eigenvalue weighted by Crippen LogP contribution is -2.20. The third-order valence-electron chi connectivity index (χ3n) is 3.24. The molecular formula is C14H18FNO2. The Morgan fingerprint density at radius 2 is 2.17 bits per heavy atom. The zero-order valence-electron chi connectivity index (χ0n) is 10.7. The average Bonchev–Trinajstić information content (AvgIpc) is 3.06. The van der Waals surface area contributed by atoms with Crippen LogP contribution in [-0.2, 0) is 6.54 Å². The first-order valence-corrected chi connectivity index (χ1v) is 6.18. The van der Waals surface area contributed by atoms with Gasteiger partial charge in [-0.25, -0.2) is 4.39 Å². The molecule has 0 radical (unpaired) electrons. The van der Waals surface area contributed by atoms with Crippen LogP contribution in [0.4, 0.5) is 4.39 Å². The van der Waals surface area contributed by atoms with Crippen LogP contribution in [-0.4, -0.2) is 29.4 Å². The van der Waals surface area contributed by atoms with Crippen molar-refractivity contribution in [3.8, 4) is 5.75 Å². The minimum Gasteiger partial charge on any atom is -0.507 e. The third-order valence-corrected chi connectivity index (χ3v) is 3.24.